The van der Waals surface area contributed by atoms with Crippen LogP contribution < -0.4 is 0 Å². The molecule has 0 aliphatic rings. The summed E-state index contributed by atoms with van der Waals surface area (Å²) in [5, 5.41) is 44.3. The van der Waals surface area contributed by atoms with Crippen LogP contribution in [0.25, 0.3) is 119 Å². The van der Waals surface area contributed by atoms with Gasteiger partial charge in [-0.05, 0) is 24.9 Å². The minimum Gasteiger partial charge on any atom is -0.330 e. The molecule has 20 nitrogen and oxygen atoms in total. The van der Waals surface area contributed by atoms with E-state index < -0.39 is 0 Å². The first-order chi connectivity index (χ1) is 44.8. The molecule has 494 valence electrons. The monoisotopic (exact) mass is 2350 g/mol. The molecule has 97 heavy (non-hydrogen) atoms. The van der Waals surface area contributed by atoms with Crippen LogP contribution in [0.5, 0.6) is 0 Å². The van der Waals surface area contributed by atoms with Gasteiger partial charge < -0.3 is 8.80 Å². The van der Waals surface area contributed by atoms with Gasteiger partial charge in [0.1, 0.15) is 49.3 Å². The van der Waals surface area contributed by atoms with Crippen molar-refractivity contribution >= 4 is 110 Å². The number of fused-ring (bicyclic) bond motifs is 18. The molecule has 0 N–H and O–H groups in total. The van der Waals surface area contributed by atoms with E-state index in [4.69, 9.17) is 13.1 Å². The standard InChI is InChI=1S/C16H10N3.2C11H5N4.3C11H8N3.6Pt/c1-2-5-12(6-3-1)13-7-4-8-15-14(13)9-10-19-16(15)17-11-18-19;1-12-10-4-2-3-9-8(10)5-6-15-7-13-14-11(9)15;1-12-10-4-2-3-9-8(10)5-6-15-11(9)13-7-14-15;1-8-2-3-10-9(6-8)4-5-14-7-12-13-11(10)14;1-8-2-3-10-9(6-8)4-5-14-11(10)12-7-13-14;1-8-6-14-11(12-7-13-14)10-5-3-2-4-9(8)10;;;;;;/h1-7,9-11H;2*2,4-7H;2*2,4-7H,1H3;2-4,6-7H,1H3;;;;;;/q6*-1;;;;;;. The van der Waals surface area contributed by atoms with E-state index in [1.54, 1.807) is 80.2 Å². The van der Waals surface area contributed by atoms with Crippen molar-refractivity contribution in [2.24, 2.45) is 0 Å². The fraction of sp³-hybridized carbons (Fsp3) is 0.0423. The fourth-order valence-electron chi connectivity index (χ4n) is 10.7. The van der Waals surface area contributed by atoms with Crippen LogP contribution in [0, 0.1) is 70.3 Å². The third-order valence-corrected chi connectivity index (χ3v) is 15.0. The van der Waals surface area contributed by atoms with Crippen molar-refractivity contribution in [2.75, 3.05) is 0 Å². The third-order valence-electron chi connectivity index (χ3n) is 15.0. The van der Waals surface area contributed by atoms with Crippen LogP contribution in [-0.2, 0) is 126 Å². The maximum Gasteiger partial charge on any atom is 0.127 e. The summed E-state index contributed by atoms with van der Waals surface area (Å²) in [6.45, 7) is 20.3. The SMILES string of the molecule is Cc1c[c-]c2c(ccn3cnnc23)c1.Cc1c[c-]c2c(ccn3ncnc23)c1.Cc1cn2ncnc2c2[c-]cccc12.[C-]#[N+]c1cc[c-]c2c1ccn1cnnc21.[C-]#[N+]c1cc[c-]c2c1ccn1ncnc21.[Pt].[Pt].[Pt].[Pt].[Pt].[Pt].[c-]1ccc(-c2ccccc2)c2ccn3ncnc3c12. The Morgan fingerprint density at radius 2 is 0.804 bits per heavy atom. The predicted octanol–water partition coefficient (Wildman–Crippen LogP) is 13.8. The van der Waals surface area contributed by atoms with Crippen LogP contribution in [-0.4, -0.2) is 87.6 Å². The zero-order chi connectivity index (χ0) is 61.8. The second kappa shape index (κ2) is 33.3. The van der Waals surface area contributed by atoms with E-state index in [9.17, 15) is 0 Å². The van der Waals surface area contributed by atoms with Crippen molar-refractivity contribution in [2.45, 2.75) is 20.8 Å². The van der Waals surface area contributed by atoms with E-state index in [2.05, 4.69) is 176 Å². The van der Waals surface area contributed by atoms with E-state index >= 15 is 0 Å². The molecule has 0 atom stereocenters. The number of hydrogen-bond acceptors (Lipinski definition) is 12. The molecule has 0 saturated carbocycles. The molecule has 0 saturated heterocycles. The van der Waals surface area contributed by atoms with Crippen LogP contribution in [0.1, 0.15) is 16.7 Å². The predicted molar refractivity (Wildman–Crippen MR) is 348 cm³/mol. The van der Waals surface area contributed by atoms with Crippen LogP contribution in [0.4, 0.5) is 11.4 Å². The summed E-state index contributed by atoms with van der Waals surface area (Å²) in [7, 11) is 0. The van der Waals surface area contributed by atoms with Crippen molar-refractivity contribution in [3.05, 3.63) is 291 Å². The quantitative estimate of drug-likeness (QED) is 0.142. The van der Waals surface area contributed by atoms with Gasteiger partial charge in [0, 0.05) is 151 Å². The molecule has 0 radical (unpaired) electrons. The molecule has 12 aromatic heterocycles. The molecule has 0 fully saturated rings. The second-order valence-corrected chi connectivity index (χ2v) is 20.7. The van der Waals surface area contributed by atoms with Crippen LogP contribution >= 0.6 is 0 Å². The summed E-state index contributed by atoms with van der Waals surface area (Å²) in [4.78, 5) is 23.8. The van der Waals surface area contributed by atoms with Gasteiger partial charge in [-0.3, -0.25) is 47.7 Å². The van der Waals surface area contributed by atoms with Gasteiger partial charge in [0.05, 0.1) is 47.0 Å². The molecule has 0 unspecified atom stereocenters. The first-order valence-electron chi connectivity index (χ1n) is 28.3. The number of hydrogen-bond donors (Lipinski definition) is 0. The second-order valence-electron chi connectivity index (χ2n) is 20.7. The van der Waals surface area contributed by atoms with Crippen molar-refractivity contribution in [3.8, 4) is 11.1 Å². The van der Waals surface area contributed by atoms with Gasteiger partial charge in [-0.1, -0.05) is 123 Å². The molecule has 7 aromatic carbocycles. The minimum atomic E-state index is 0. The van der Waals surface area contributed by atoms with Gasteiger partial charge in [-0.25, -0.2) is 0 Å². The van der Waals surface area contributed by atoms with E-state index in [0.717, 1.165) is 93.1 Å². The number of rotatable bonds is 1. The number of nitrogens with zero attached hydrogens (tertiary/aromatic N) is 20. The molecule has 26 heteroatoms. The first-order valence-corrected chi connectivity index (χ1v) is 28.3. The number of pyridine rings is 6. The Kier molecular flexibility index (Phi) is 25.3. The zero-order valence-corrected chi connectivity index (χ0v) is 64.2. The average molecular weight is 2350 g/mol. The Balaban J connectivity index is 0.000000147. The molecule has 0 amide bonds. The summed E-state index contributed by atoms with van der Waals surface area (Å²) >= 11 is 0. The Bertz CT molecular complexity index is 5760. The van der Waals surface area contributed by atoms with E-state index in [0.29, 0.717) is 11.4 Å². The summed E-state index contributed by atoms with van der Waals surface area (Å²) < 4.78 is 10.7. The molecule has 12 heterocycles. The number of aryl methyl sites for hydroxylation is 3. The topological polar surface area (TPSA) is 190 Å². The first kappa shape index (κ1) is 73.7. The van der Waals surface area contributed by atoms with E-state index in [-0.39, 0.29) is 126 Å². The molecule has 19 rings (SSSR count). The zero-order valence-electron chi connectivity index (χ0n) is 50.5. The molecule has 0 aliphatic heterocycles. The molecule has 0 aliphatic carbocycles. The maximum absolute atomic E-state index is 7.07. The van der Waals surface area contributed by atoms with Gasteiger partial charge in [-0.15, -0.1) is 151 Å². The Morgan fingerprint density at radius 3 is 1.37 bits per heavy atom. The van der Waals surface area contributed by atoms with Gasteiger partial charge in [-0.2, -0.15) is 42.7 Å². The Hall–Kier alpha value is -9.07. The molecular weight excluding hydrogens is 2300 g/mol. The van der Waals surface area contributed by atoms with E-state index in [1.165, 1.54) is 39.5 Å². The number of benzene rings is 7. The summed E-state index contributed by atoms with van der Waals surface area (Å²) in [6.07, 6.45) is 21.0. The van der Waals surface area contributed by atoms with Gasteiger partial charge in [0.25, 0.3) is 0 Å². The largest absolute Gasteiger partial charge is 0.330 e. The smallest absolute Gasteiger partial charge is 0.127 e. The molecular formula is C71H44N20Pt6-6. The van der Waals surface area contributed by atoms with Crippen molar-refractivity contribution in [1.29, 1.82) is 0 Å². The molecule has 19 aromatic rings. The van der Waals surface area contributed by atoms with Crippen LogP contribution in [0.15, 0.2) is 215 Å². The minimum absolute atomic E-state index is 0. The van der Waals surface area contributed by atoms with Gasteiger partial charge in [0.15, 0.2) is 0 Å². The average Bonchev–Trinajstić information content (AvgIpc) is 1.78. The van der Waals surface area contributed by atoms with Gasteiger partial charge >= 0.3 is 0 Å². The Labute approximate surface area is 639 Å². The molecule has 0 spiro atoms. The summed E-state index contributed by atoms with van der Waals surface area (Å²) in [5.74, 6) is 0. The van der Waals surface area contributed by atoms with Gasteiger partial charge in [0.2, 0.25) is 0 Å². The molecule has 0 bridgehead atoms. The normalized spacial score (nSPS) is 10.3. The van der Waals surface area contributed by atoms with Crippen molar-refractivity contribution in [1.82, 2.24) is 87.6 Å². The third kappa shape index (κ3) is 15.2. The summed E-state index contributed by atoms with van der Waals surface area (Å²) in [5.41, 5.74) is 12.1. The van der Waals surface area contributed by atoms with Crippen molar-refractivity contribution < 1.29 is 126 Å². The number of aromatic nitrogens is 18. The Morgan fingerprint density at radius 1 is 0.381 bits per heavy atom. The fourth-order valence-corrected chi connectivity index (χ4v) is 10.7. The van der Waals surface area contributed by atoms with Crippen LogP contribution in [0.3, 0.4) is 0 Å². The maximum atomic E-state index is 7.07. The van der Waals surface area contributed by atoms with Crippen molar-refractivity contribution in [3.63, 3.8) is 0 Å². The van der Waals surface area contributed by atoms with E-state index in [1.807, 2.05) is 107 Å². The summed E-state index contributed by atoms with van der Waals surface area (Å²) in [6, 6.07) is 64.5. The van der Waals surface area contributed by atoms with Crippen LogP contribution in [0.2, 0.25) is 0 Å².